The van der Waals surface area contributed by atoms with Crippen molar-refractivity contribution in [2.75, 3.05) is 20.3 Å². The summed E-state index contributed by atoms with van der Waals surface area (Å²) in [6.07, 6.45) is -1.85. The van der Waals surface area contributed by atoms with E-state index in [4.69, 9.17) is 4.74 Å². The molecule has 0 heterocycles. The van der Waals surface area contributed by atoms with Crippen LogP contribution < -0.4 is 5.32 Å². The fourth-order valence-corrected chi connectivity index (χ4v) is 1.21. The number of alkyl carbamates (subject to hydrolysis) is 1. The van der Waals surface area contributed by atoms with Gasteiger partial charge >= 0.3 is 6.09 Å². The summed E-state index contributed by atoms with van der Waals surface area (Å²) in [5.74, 6) is 0. The third-order valence-electron chi connectivity index (χ3n) is 2.03. The number of methoxy groups -OCH3 is 1. The molecule has 0 bridgehead atoms. The maximum absolute atomic E-state index is 12.9. The lowest BCUT2D eigenvalue weighted by Gasteiger charge is -2.09. The van der Waals surface area contributed by atoms with Crippen molar-refractivity contribution in [3.05, 3.63) is 35.9 Å². The van der Waals surface area contributed by atoms with Crippen molar-refractivity contribution in [1.29, 1.82) is 0 Å². The SMILES string of the molecule is COCC(F)CNC(=O)OCc1ccccc1. The number of amides is 1. The number of carbonyl (C=O) groups is 1. The molecular weight excluding hydrogens is 225 g/mol. The standard InChI is InChI=1S/C12H16FNO3/c1-16-9-11(13)7-14-12(15)17-8-10-5-3-2-4-6-10/h2-6,11H,7-9H2,1H3,(H,14,15). The van der Waals surface area contributed by atoms with E-state index >= 15 is 0 Å². The molecule has 94 valence electrons. The highest BCUT2D eigenvalue weighted by Gasteiger charge is 2.08. The minimum Gasteiger partial charge on any atom is -0.445 e. The minimum atomic E-state index is -1.22. The molecule has 0 saturated carbocycles. The summed E-state index contributed by atoms with van der Waals surface area (Å²) in [5, 5.41) is 2.32. The zero-order chi connectivity index (χ0) is 12.5. The maximum Gasteiger partial charge on any atom is 0.407 e. The van der Waals surface area contributed by atoms with Gasteiger partial charge in [-0.05, 0) is 5.56 Å². The largest absolute Gasteiger partial charge is 0.445 e. The van der Waals surface area contributed by atoms with Crippen LogP contribution in [-0.2, 0) is 16.1 Å². The van der Waals surface area contributed by atoms with Gasteiger partial charge in [-0.2, -0.15) is 0 Å². The molecule has 0 radical (unpaired) electrons. The quantitative estimate of drug-likeness (QED) is 0.827. The third-order valence-corrected chi connectivity index (χ3v) is 2.03. The fraction of sp³-hybridized carbons (Fsp3) is 0.417. The van der Waals surface area contributed by atoms with Gasteiger partial charge in [0.1, 0.15) is 12.8 Å². The molecule has 1 atom stereocenters. The molecule has 0 saturated heterocycles. The molecule has 17 heavy (non-hydrogen) atoms. The molecule has 0 spiro atoms. The number of hydrogen-bond donors (Lipinski definition) is 1. The van der Waals surface area contributed by atoms with Crippen LogP contribution in [0.2, 0.25) is 0 Å². The molecule has 1 aromatic rings. The molecule has 1 rings (SSSR count). The lowest BCUT2D eigenvalue weighted by atomic mass is 10.2. The van der Waals surface area contributed by atoms with Crippen LogP contribution in [0.4, 0.5) is 9.18 Å². The first-order chi connectivity index (χ1) is 8.22. The molecule has 0 aromatic heterocycles. The topological polar surface area (TPSA) is 47.6 Å². The highest BCUT2D eigenvalue weighted by Crippen LogP contribution is 2.00. The molecule has 1 aromatic carbocycles. The number of nitrogens with one attached hydrogen (secondary N) is 1. The summed E-state index contributed by atoms with van der Waals surface area (Å²) in [4.78, 5) is 11.2. The van der Waals surface area contributed by atoms with Gasteiger partial charge in [0, 0.05) is 7.11 Å². The second-order valence-corrected chi connectivity index (χ2v) is 3.50. The number of alkyl halides is 1. The van der Waals surface area contributed by atoms with Gasteiger partial charge < -0.3 is 14.8 Å². The van der Waals surface area contributed by atoms with Crippen molar-refractivity contribution < 1.29 is 18.7 Å². The van der Waals surface area contributed by atoms with Crippen molar-refractivity contribution in [3.63, 3.8) is 0 Å². The van der Waals surface area contributed by atoms with Gasteiger partial charge in [0.25, 0.3) is 0 Å². The number of hydrogen-bond acceptors (Lipinski definition) is 3. The number of halogens is 1. The number of benzene rings is 1. The van der Waals surface area contributed by atoms with E-state index in [0.29, 0.717) is 0 Å². The summed E-state index contributed by atoms with van der Waals surface area (Å²) >= 11 is 0. The Kier molecular flexibility index (Phi) is 6.03. The van der Waals surface area contributed by atoms with Crippen LogP contribution in [0, 0.1) is 0 Å². The van der Waals surface area contributed by atoms with E-state index in [1.807, 2.05) is 30.3 Å². The van der Waals surface area contributed by atoms with Crippen molar-refractivity contribution in [1.82, 2.24) is 5.32 Å². The van der Waals surface area contributed by atoms with Gasteiger partial charge in [0.05, 0.1) is 13.2 Å². The van der Waals surface area contributed by atoms with Crippen molar-refractivity contribution >= 4 is 6.09 Å². The van der Waals surface area contributed by atoms with Crippen LogP contribution in [-0.4, -0.2) is 32.5 Å². The monoisotopic (exact) mass is 241 g/mol. The van der Waals surface area contributed by atoms with E-state index in [-0.39, 0.29) is 19.8 Å². The minimum absolute atomic E-state index is 0.0427. The molecule has 0 fully saturated rings. The summed E-state index contributed by atoms with van der Waals surface area (Å²) in [7, 11) is 1.40. The average molecular weight is 241 g/mol. The molecule has 1 N–H and O–H groups in total. The molecule has 0 aliphatic carbocycles. The number of carbonyl (C=O) groups excluding carboxylic acids is 1. The Labute approximate surface area is 99.7 Å². The van der Waals surface area contributed by atoms with Gasteiger partial charge in [0.15, 0.2) is 0 Å². The smallest absolute Gasteiger partial charge is 0.407 e. The van der Waals surface area contributed by atoms with Crippen LogP contribution in [0.1, 0.15) is 5.56 Å². The Balaban J connectivity index is 2.17. The first kappa shape index (κ1) is 13.4. The van der Waals surface area contributed by atoms with Crippen molar-refractivity contribution in [3.8, 4) is 0 Å². The Morgan fingerprint density at radius 3 is 2.76 bits per heavy atom. The van der Waals surface area contributed by atoms with Gasteiger partial charge in [-0.3, -0.25) is 0 Å². The fourth-order valence-electron chi connectivity index (χ4n) is 1.21. The predicted octanol–water partition coefficient (Wildman–Crippen LogP) is 1.90. The van der Waals surface area contributed by atoms with Crippen molar-refractivity contribution in [2.24, 2.45) is 0 Å². The van der Waals surface area contributed by atoms with E-state index in [1.54, 1.807) is 0 Å². The van der Waals surface area contributed by atoms with Crippen LogP contribution in [0.5, 0.6) is 0 Å². The molecule has 4 nitrogen and oxygen atoms in total. The highest BCUT2D eigenvalue weighted by molar-refractivity contribution is 5.67. The molecule has 1 amide bonds. The molecule has 1 unspecified atom stereocenters. The normalized spacial score (nSPS) is 11.9. The van der Waals surface area contributed by atoms with Gasteiger partial charge in [-0.15, -0.1) is 0 Å². The van der Waals surface area contributed by atoms with Crippen LogP contribution >= 0.6 is 0 Å². The number of ether oxygens (including phenoxy) is 2. The predicted molar refractivity (Wildman–Crippen MR) is 61.4 cm³/mol. The number of rotatable bonds is 6. The lowest BCUT2D eigenvalue weighted by Crippen LogP contribution is -2.32. The van der Waals surface area contributed by atoms with Crippen LogP contribution in [0.15, 0.2) is 30.3 Å². The third kappa shape index (κ3) is 5.87. The van der Waals surface area contributed by atoms with E-state index in [9.17, 15) is 9.18 Å². The Morgan fingerprint density at radius 1 is 1.41 bits per heavy atom. The van der Waals surface area contributed by atoms with Crippen molar-refractivity contribution in [2.45, 2.75) is 12.8 Å². The molecule has 5 heteroatoms. The van der Waals surface area contributed by atoms with Crippen LogP contribution in [0.3, 0.4) is 0 Å². The summed E-state index contributed by atoms with van der Waals surface area (Å²) in [5.41, 5.74) is 0.885. The summed E-state index contributed by atoms with van der Waals surface area (Å²) < 4.78 is 22.4. The molecule has 0 aliphatic heterocycles. The Bertz CT molecular complexity index is 332. The molecule has 0 aliphatic rings. The lowest BCUT2D eigenvalue weighted by molar-refractivity contribution is 0.112. The maximum atomic E-state index is 12.9. The first-order valence-corrected chi connectivity index (χ1v) is 5.30. The van der Waals surface area contributed by atoms with E-state index < -0.39 is 12.3 Å². The summed E-state index contributed by atoms with van der Waals surface area (Å²) in [6, 6.07) is 9.27. The molecular formula is C12H16FNO3. The zero-order valence-corrected chi connectivity index (χ0v) is 9.69. The Hall–Kier alpha value is -1.62. The summed E-state index contributed by atoms with van der Waals surface area (Å²) in [6.45, 7) is 0.0222. The van der Waals surface area contributed by atoms with Gasteiger partial charge in [0.2, 0.25) is 0 Å². The second-order valence-electron chi connectivity index (χ2n) is 3.50. The highest BCUT2D eigenvalue weighted by atomic mass is 19.1. The van der Waals surface area contributed by atoms with Gasteiger partial charge in [-0.1, -0.05) is 30.3 Å². The average Bonchev–Trinajstić information content (AvgIpc) is 2.35. The van der Waals surface area contributed by atoms with E-state index in [1.165, 1.54) is 7.11 Å². The zero-order valence-electron chi connectivity index (χ0n) is 9.69. The first-order valence-electron chi connectivity index (χ1n) is 5.30. The van der Waals surface area contributed by atoms with Gasteiger partial charge in [-0.25, -0.2) is 9.18 Å². The Morgan fingerprint density at radius 2 is 2.12 bits per heavy atom. The second kappa shape index (κ2) is 7.62. The van der Waals surface area contributed by atoms with Crippen LogP contribution in [0.25, 0.3) is 0 Å². The van der Waals surface area contributed by atoms with E-state index in [0.717, 1.165) is 5.56 Å². The van der Waals surface area contributed by atoms with E-state index in [2.05, 4.69) is 10.1 Å².